The average molecular weight is 304 g/mol. The van der Waals surface area contributed by atoms with Crippen molar-refractivity contribution in [2.45, 2.75) is 11.8 Å². The predicted octanol–water partition coefficient (Wildman–Crippen LogP) is 4.61. The Labute approximate surface area is 126 Å². The predicted molar refractivity (Wildman–Crippen MR) is 82.6 cm³/mol. The summed E-state index contributed by atoms with van der Waals surface area (Å²) in [7, 11) is 0. The van der Waals surface area contributed by atoms with Crippen LogP contribution in [0.3, 0.4) is 0 Å². The van der Waals surface area contributed by atoms with Gasteiger partial charge in [-0.3, -0.25) is 9.79 Å². The number of aliphatic imine (C=N–C) groups is 1. The summed E-state index contributed by atoms with van der Waals surface area (Å²) in [6, 6.07) is 6.87. The second-order valence-electron chi connectivity index (χ2n) is 4.44. The molecule has 0 saturated carbocycles. The molecule has 2 aromatic rings. The smallest absolute Gasteiger partial charge is 0.153 e. The summed E-state index contributed by atoms with van der Waals surface area (Å²) in [5.41, 5.74) is 2.75. The van der Waals surface area contributed by atoms with Crippen molar-refractivity contribution in [3.05, 3.63) is 46.0 Å². The number of hydrogen-bond donors (Lipinski definition) is 1. The fourth-order valence-electron chi connectivity index (χ4n) is 2.06. The van der Waals surface area contributed by atoms with Crippen molar-refractivity contribution in [1.29, 1.82) is 0 Å². The molecule has 0 fully saturated rings. The minimum atomic E-state index is 0.449. The molecule has 0 N–H and O–H groups in total. The molecule has 0 amide bonds. The van der Waals surface area contributed by atoms with E-state index >= 15 is 0 Å². The van der Waals surface area contributed by atoms with Crippen LogP contribution in [0.4, 0.5) is 5.69 Å². The number of aldehydes is 1. The minimum absolute atomic E-state index is 0.449. The Morgan fingerprint density at radius 3 is 2.90 bits per heavy atom. The van der Waals surface area contributed by atoms with Crippen molar-refractivity contribution in [2.75, 3.05) is 0 Å². The van der Waals surface area contributed by atoms with Crippen LogP contribution in [0.25, 0.3) is 0 Å². The van der Waals surface area contributed by atoms with E-state index in [1.165, 1.54) is 0 Å². The number of fused-ring (bicyclic) bond motifs is 2. The maximum absolute atomic E-state index is 11.2. The lowest BCUT2D eigenvalue weighted by Crippen LogP contribution is -1.98. The third-order valence-electron chi connectivity index (χ3n) is 3.18. The molecule has 2 aromatic carbocycles. The molecule has 1 heterocycles. The Bertz CT molecular complexity index is 756. The highest BCUT2D eigenvalue weighted by Crippen LogP contribution is 2.40. The molecule has 0 atom stereocenters. The van der Waals surface area contributed by atoms with E-state index in [4.69, 9.17) is 16.3 Å². The van der Waals surface area contributed by atoms with Crippen molar-refractivity contribution >= 4 is 42.4 Å². The van der Waals surface area contributed by atoms with Gasteiger partial charge in [0.15, 0.2) is 12.0 Å². The molecule has 3 nitrogen and oxygen atoms in total. The van der Waals surface area contributed by atoms with Crippen LogP contribution in [0, 0.1) is 6.92 Å². The zero-order valence-electron chi connectivity index (χ0n) is 10.6. The largest absolute Gasteiger partial charge is 0.454 e. The number of hydrogen-bond acceptors (Lipinski definition) is 4. The first-order chi connectivity index (χ1) is 9.60. The van der Waals surface area contributed by atoms with E-state index < -0.39 is 0 Å². The van der Waals surface area contributed by atoms with E-state index in [0.29, 0.717) is 27.8 Å². The molecule has 0 aromatic heterocycles. The molecular weight excluding hydrogens is 294 g/mol. The second-order valence-corrected chi connectivity index (χ2v) is 5.36. The van der Waals surface area contributed by atoms with Gasteiger partial charge in [0.25, 0.3) is 0 Å². The second kappa shape index (κ2) is 4.96. The summed E-state index contributed by atoms with van der Waals surface area (Å²) < 4.78 is 5.87. The number of carbonyl (C=O) groups excluding carboxylic acids is 1. The van der Waals surface area contributed by atoms with Gasteiger partial charge >= 0.3 is 0 Å². The van der Waals surface area contributed by atoms with E-state index in [1.807, 2.05) is 6.92 Å². The summed E-state index contributed by atoms with van der Waals surface area (Å²) in [6.45, 7) is 1.91. The summed E-state index contributed by atoms with van der Waals surface area (Å²) >= 11 is 10.3. The SMILES string of the molecule is Cc1c(S)cc(C=O)c2c1C=Nc1cc(Cl)ccc1O2. The molecule has 0 spiro atoms. The van der Waals surface area contributed by atoms with Gasteiger partial charge in [0.1, 0.15) is 11.4 Å². The summed E-state index contributed by atoms with van der Waals surface area (Å²) in [6.07, 6.45) is 2.44. The zero-order valence-corrected chi connectivity index (χ0v) is 12.2. The van der Waals surface area contributed by atoms with Crippen molar-refractivity contribution in [1.82, 2.24) is 0 Å². The van der Waals surface area contributed by atoms with E-state index in [0.717, 1.165) is 22.3 Å². The van der Waals surface area contributed by atoms with Gasteiger partial charge in [0.2, 0.25) is 0 Å². The van der Waals surface area contributed by atoms with Crippen LogP contribution in [0.1, 0.15) is 21.5 Å². The van der Waals surface area contributed by atoms with Crippen molar-refractivity contribution in [3.63, 3.8) is 0 Å². The fourth-order valence-corrected chi connectivity index (χ4v) is 2.49. The molecule has 5 heteroatoms. The normalized spacial score (nSPS) is 12.2. The third kappa shape index (κ3) is 2.11. The van der Waals surface area contributed by atoms with Gasteiger partial charge in [-0.1, -0.05) is 11.6 Å². The molecular formula is C15H10ClNO2S. The Morgan fingerprint density at radius 1 is 1.35 bits per heavy atom. The summed E-state index contributed by atoms with van der Waals surface area (Å²) in [5.74, 6) is 1.07. The van der Waals surface area contributed by atoms with Crippen LogP contribution >= 0.6 is 24.2 Å². The third-order valence-corrected chi connectivity index (χ3v) is 3.88. The highest BCUT2D eigenvalue weighted by Gasteiger charge is 2.19. The standard InChI is InChI=1S/C15H10ClNO2S/c1-8-11-6-17-12-5-10(16)2-3-13(12)19-15(11)9(7-18)4-14(8)20/h2-7,20H,1H3. The van der Waals surface area contributed by atoms with Crippen LogP contribution in [0.15, 0.2) is 34.2 Å². The molecule has 0 aliphatic carbocycles. The number of halogens is 1. The number of ether oxygens (including phenoxy) is 1. The Kier molecular flexibility index (Phi) is 3.28. The molecule has 3 rings (SSSR count). The number of benzene rings is 2. The molecule has 1 aliphatic heterocycles. The van der Waals surface area contributed by atoms with E-state index in [-0.39, 0.29) is 0 Å². The van der Waals surface area contributed by atoms with Gasteiger partial charge in [0, 0.05) is 21.7 Å². The lowest BCUT2D eigenvalue weighted by atomic mass is 10.0. The van der Waals surface area contributed by atoms with Gasteiger partial charge in [-0.25, -0.2) is 0 Å². The van der Waals surface area contributed by atoms with E-state index in [1.54, 1.807) is 30.5 Å². The first kappa shape index (κ1) is 13.2. The highest BCUT2D eigenvalue weighted by atomic mass is 35.5. The van der Waals surface area contributed by atoms with Crippen LogP contribution < -0.4 is 4.74 Å². The lowest BCUT2D eigenvalue weighted by Gasteiger charge is -2.13. The molecule has 0 unspecified atom stereocenters. The van der Waals surface area contributed by atoms with Crippen LogP contribution in [-0.4, -0.2) is 12.5 Å². The van der Waals surface area contributed by atoms with E-state index in [2.05, 4.69) is 17.6 Å². The van der Waals surface area contributed by atoms with Crippen LogP contribution in [0.5, 0.6) is 11.5 Å². The van der Waals surface area contributed by atoms with Crippen molar-refractivity contribution < 1.29 is 9.53 Å². The topological polar surface area (TPSA) is 38.7 Å². The molecule has 1 aliphatic rings. The average Bonchev–Trinajstić information content (AvgIpc) is 2.62. The Hall–Kier alpha value is -1.78. The van der Waals surface area contributed by atoms with Gasteiger partial charge in [0.05, 0.1) is 5.56 Å². The zero-order chi connectivity index (χ0) is 14.3. The number of carbonyl (C=O) groups is 1. The van der Waals surface area contributed by atoms with Gasteiger partial charge < -0.3 is 4.74 Å². The Morgan fingerprint density at radius 2 is 2.15 bits per heavy atom. The number of rotatable bonds is 1. The first-order valence-corrected chi connectivity index (χ1v) is 6.76. The van der Waals surface area contributed by atoms with Gasteiger partial charge in [-0.05, 0) is 36.8 Å². The van der Waals surface area contributed by atoms with Gasteiger partial charge in [-0.2, -0.15) is 0 Å². The minimum Gasteiger partial charge on any atom is -0.454 e. The van der Waals surface area contributed by atoms with Crippen molar-refractivity contribution in [2.24, 2.45) is 4.99 Å². The Balaban J connectivity index is 2.27. The fraction of sp³-hybridized carbons (Fsp3) is 0.0667. The molecule has 100 valence electrons. The summed E-state index contributed by atoms with van der Waals surface area (Å²) in [4.78, 5) is 16.3. The molecule has 20 heavy (non-hydrogen) atoms. The van der Waals surface area contributed by atoms with Gasteiger partial charge in [-0.15, -0.1) is 12.6 Å². The van der Waals surface area contributed by atoms with Crippen LogP contribution in [0.2, 0.25) is 5.02 Å². The monoisotopic (exact) mass is 303 g/mol. The molecule has 0 radical (unpaired) electrons. The lowest BCUT2D eigenvalue weighted by molar-refractivity contribution is 0.112. The molecule has 0 bridgehead atoms. The molecule has 0 saturated heterocycles. The quantitative estimate of drug-likeness (QED) is 0.527. The van der Waals surface area contributed by atoms with Crippen LogP contribution in [-0.2, 0) is 0 Å². The number of nitrogens with zero attached hydrogens (tertiary/aromatic N) is 1. The number of thiol groups is 1. The van der Waals surface area contributed by atoms with Crippen molar-refractivity contribution in [3.8, 4) is 11.5 Å². The highest BCUT2D eigenvalue weighted by molar-refractivity contribution is 7.80. The maximum atomic E-state index is 11.2. The van der Waals surface area contributed by atoms with E-state index in [9.17, 15) is 4.79 Å². The summed E-state index contributed by atoms with van der Waals surface area (Å²) in [5, 5.41) is 0.581. The first-order valence-electron chi connectivity index (χ1n) is 5.93. The maximum Gasteiger partial charge on any atom is 0.153 e.